The molecule has 0 unspecified atom stereocenters. The molecule has 3 N–H and O–H groups in total. The van der Waals surface area contributed by atoms with E-state index in [2.05, 4.69) is 5.32 Å². The zero-order chi connectivity index (χ0) is 15.5. The number of nitrogens with two attached hydrogens (primary N) is 1. The summed E-state index contributed by atoms with van der Waals surface area (Å²) < 4.78 is 5.25. The molecule has 0 atom stereocenters. The number of nitrogens with one attached hydrogen (secondary N) is 1. The Morgan fingerprint density at radius 3 is 2.33 bits per heavy atom. The van der Waals surface area contributed by atoms with Gasteiger partial charge in [0, 0.05) is 12.1 Å². The smallest absolute Gasteiger partial charge is 0.287 e. The average Bonchev–Trinajstić information content (AvgIpc) is 2.64. The lowest BCUT2D eigenvalue weighted by atomic mass is 9.89. The van der Waals surface area contributed by atoms with Gasteiger partial charge in [0.1, 0.15) is 11.3 Å². The van der Waals surface area contributed by atoms with Gasteiger partial charge in [0.15, 0.2) is 11.2 Å². The van der Waals surface area contributed by atoms with Gasteiger partial charge in [-0.05, 0) is 19.8 Å². The molecule has 1 heterocycles. The van der Waals surface area contributed by atoms with Crippen LogP contribution in [0.15, 0.2) is 21.3 Å². The third kappa shape index (κ3) is 3.51. The second-order valence-electron chi connectivity index (χ2n) is 5.58. The van der Waals surface area contributed by atoms with Crippen molar-refractivity contribution in [3.8, 4) is 0 Å². The van der Waals surface area contributed by atoms with Crippen LogP contribution in [0.5, 0.6) is 0 Å². The Bertz CT molecular complexity index is 598. The summed E-state index contributed by atoms with van der Waals surface area (Å²) in [6.07, 6.45) is 4.74. The Hall–Kier alpha value is -2.11. The normalized spacial score (nSPS) is 17.8. The Labute approximate surface area is 122 Å². The third-order valence-electron chi connectivity index (χ3n) is 3.90. The van der Waals surface area contributed by atoms with Gasteiger partial charge in [-0.2, -0.15) is 0 Å². The molecule has 21 heavy (non-hydrogen) atoms. The molecular weight excluding hydrogens is 272 g/mol. The summed E-state index contributed by atoms with van der Waals surface area (Å²) >= 11 is 0. The first-order chi connectivity index (χ1) is 9.93. The van der Waals surface area contributed by atoms with Crippen LogP contribution in [0.4, 0.5) is 0 Å². The van der Waals surface area contributed by atoms with Crippen LogP contribution in [-0.4, -0.2) is 17.4 Å². The van der Waals surface area contributed by atoms with Crippen molar-refractivity contribution in [3.05, 3.63) is 33.9 Å². The Morgan fingerprint density at radius 2 is 1.81 bits per heavy atom. The van der Waals surface area contributed by atoms with E-state index in [0.29, 0.717) is 18.6 Å². The standard InChI is InChI=1S/C15H20N2O4/c1-10-8-11(18)9-12(21-10)13(19)17-15(14(16)20)6-4-2-3-5-7-15/h8-9H,2-7H2,1H3,(H2,16,20)(H,17,19). The molecule has 1 fully saturated rings. The van der Waals surface area contributed by atoms with Gasteiger partial charge < -0.3 is 15.5 Å². The van der Waals surface area contributed by atoms with Gasteiger partial charge in [0.2, 0.25) is 5.91 Å². The highest BCUT2D eigenvalue weighted by molar-refractivity contribution is 5.97. The zero-order valence-corrected chi connectivity index (χ0v) is 12.1. The van der Waals surface area contributed by atoms with E-state index in [1.807, 2.05) is 0 Å². The van der Waals surface area contributed by atoms with E-state index in [9.17, 15) is 14.4 Å². The van der Waals surface area contributed by atoms with E-state index in [1.165, 1.54) is 6.07 Å². The van der Waals surface area contributed by atoms with E-state index in [4.69, 9.17) is 10.2 Å². The molecule has 0 aromatic carbocycles. The summed E-state index contributed by atoms with van der Waals surface area (Å²) in [7, 11) is 0. The number of aryl methyl sites for hydroxylation is 1. The molecule has 0 radical (unpaired) electrons. The van der Waals surface area contributed by atoms with Crippen LogP contribution in [0.2, 0.25) is 0 Å². The monoisotopic (exact) mass is 292 g/mol. The number of carbonyl (C=O) groups excluding carboxylic acids is 2. The first-order valence-corrected chi connectivity index (χ1v) is 7.17. The van der Waals surface area contributed by atoms with Crippen molar-refractivity contribution in [2.75, 3.05) is 0 Å². The predicted octanol–water partition coefficient (Wildman–Crippen LogP) is 1.26. The lowest BCUT2D eigenvalue weighted by Crippen LogP contribution is -2.57. The minimum Gasteiger partial charge on any atom is -0.456 e. The van der Waals surface area contributed by atoms with Crippen molar-refractivity contribution in [3.63, 3.8) is 0 Å². The molecule has 1 aliphatic rings. The van der Waals surface area contributed by atoms with Crippen molar-refractivity contribution in [1.29, 1.82) is 0 Å². The second-order valence-corrected chi connectivity index (χ2v) is 5.58. The van der Waals surface area contributed by atoms with Crippen molar-refractivity contribution in [2.24, 2.45) is 5.73 Å². The molecule has 2 rings (SSSR count). The molecular formula is C15H20N2O4. The molecule has 0 saturated heterocycles. The van der Waals surface area contributed by atoms with Crippen LogP contribution in [0.1, 0.15) is 54.8 Å². The molecule has 2 amide bonds. The molecule has 1 aliphatic carbocycles. The second kappa shape index (κ2) is 6.11. The number of amides is 2. The fourth-order valence-electron chi connectivity index (χ4n) is 2.76. The average molecular weight is 292 g/mol. The van der Waals surface area contributed by atoms with Gasteiger partial charge in [-0.3, -0.25) is 14.4 Å². The van der Waals surface area contributed by atoms with Crippen LogP contribution in [0.3, 0.4) is 0 Å². The van der Waals surface area contributed by atoms with E-state index >= 15 is 0 Å². The van der Waals surface area contributed by atoms with Crippen molar-refractivity contribution < 1.29 is 14.0 Å². The lowest BCUT2D eigenvalue weighted by molar-refractivity contribution is -0.124. The van der Waals surface area contributed by atoms with Crippen LogP contribution >= 0.6 is 0 Å². The Kier molecular flexibility index (Phi) is 4.45. The Balaban J connectivity index is 2.25. The molecule has 0 aliphatic heterocycles. The SMILES string of the molecule is Cc1cc(=O)cc(C(=O)NC2(C(N)=O)CCCCCC2)o1. The molecule has 0 spiro atoms. The van der Waals surface area contributed by atoms with Crippen molar-refractivity contribution in [1.82, 2.24) is 5.32 Å². The molecule has 1 saturated carbocycles. The van der Waals surface area contributed by atoms with E-state index < -0.39 is 17.4 Å². The highest BCUT2D eigenvalue weighted by atomic mass is 16.3. The van der Waals surface area contributed by atoms with E-state index in [-0.39, 0.29) is 11.2 Å². The number of primary amides is 1. The number of hydrogen-bond donors (Lipinski definition) is 2. The first-order valence-electron chi connectivity index (χ1n) is 7.17. The maximum atomic E-state index is 12.3. The van der Waals surface area contributed by atoms with Gasteiger partial charge in [0.05, 0.1) is 0 Å². The zero-order valence-electron chi connectivity index (χ0n) is 12.1. The summed E-state index contributed by atoms with van der Waals surface area (Å²) in [4.78, 5) is 35.6. The molecule has 114 valence electrons. The summed E-state index contributed by atoms with van der Waals surface area (Å²) in [6.45, 7) is 1.59. The van der Waals surface area contributed by atoms with Gasteiger partial charge >= 0.3 is 0 Å². The highest BCUT2D eigenvalue weighted by Crippen LogP contribution is 2.27. The summed E-state index contributed by atoms with van der Waals surface area (Å²) in [5, 5.41) is 2.70. The van der Waals surface area contributed by atoms with E-state index in [0.717, 1.165) is 31.7 Å². The van der Waals surface area contributed by atoms with E-state index in [1.54, 1.807) is 6.92 Å². The third-order valence-corrected chi connectivity index (χ3v) is 3.90. The fourth-order valence-corrected chi connectivity index (χ4v) is 2.76. The number of carbonyl (C=O) groups is 2. The quantitative estimate of drug-likeness (QED) is 0.818. The summed E-state index contributed by atoms with van der Waals surface area (Å²) in [6, 6.07) is 2.42. The summed E-state index contributed by atoms with van der Waals surface area (Å²) in [5.74, 6) is -0.851. The minimum atomic E-state index is -1.05. The van der Waals surface area contributed by atoms with Gasteiger partial charge in [-0.25, -0.2) is 0 Å². The Morgan fingerprint density at radius 1 is 1.19 bits per heavy atom. The summed E-state index contributed by atoms with van der Waals surface area (Å²) in [5.41, 5.74) is 4.16. The van der Waals surface area contributed by atoms with Crippen LogP contribution in [0.25, 0.3) is 0 Å². The lowest BCUT2D eigenvalue weighted by Gasteiger charge is -2.30. The van der Waals surface area contributed by atoms with Crippen LogP contribution < -0.4 is 16.5 Å². The van der Waals surface area contributed by atoms with Gasteiger partial charge in [-0.15, -0.1) is 0 Å². The predicted molar refractivity (Wildman–Crippen MR) is 76.8 cm³/mol. The van der Waals surface area contributed by atoms with Crippen molar-refractivity contribution >= 4 is 11.8 Å². The van der Waals surface area contributed by atoms with Crippen LogP contribution in [0, 0.1) is 6.92 Å². The maximum Gasteiger partial charge on any atom is 0.287 e. The first kappa shape index (κ1) is 15.3. The minimum absolute atomic E-state index is 0.0927. The molecule has 1 aromatic heterocycles. The molecule has 6 heteroatoms. The fraction of sp³-hybridized carbons (Fsp3) is 0.533. The van der Waals surface area contributed by atoms with Crippen molar-refractivity contribution in [2.45, 2.75) is 51.0 Å². The maximum absolute atomic E-state index is 12.3. The van der Waals surface area contributed by atoms with Crippen LogP contribution in [-0.2, 0) is 4.79 Å². The largest absolute Gasteiger partial charge is 0.456 e. The molecule has 1 aromatic rings. The number of hydrogen-bond acceptors (Lipinski definition) is 4. The van der Waals surface area contributed by atoms with Gasteiger partial charge in [-0.1, -0.05) is 25.7 Å². The number of rotatable bonds is 3. The topological polar surface area (TPSA) is 102 Å². The van der Waals surface area contributed by atoms with Gasteiger partial charge in [0.25, 0.3) is 5.91 Å². The highest BCUT2D eigenvalue weighted by Gasteiger charge is 2.38. The molecule has 6 nitrogen and oxygen atoms in total. The molecule has 0 bridgehead atoms.